The van der Waals surface area contributed by atoms with E-state index in [1.54, 1.807) is 13.3 Å². The minimum absolute atomic E-state index is 0.637. The molecule has 4 nitrogen and oxygen atoms in total. The third-order valence-corrected chi connectivity index (χ3v) is 4.28. The van der Waals surface area contributed by atoms with Crippen LogP contribution in [0.2, 0.25) is 5.02 Å². The Morgan fingerprint density at radius 2 is 2.08 bits per heavy atom. The highest BCUT2D eigenvalue weighted by atomic mass is 79.9. The van der Waals surface area contributed by atoms with Crippen LogP contribution in [-0.4, -0.2) is 19.9 Å². The van der Waals surface area contributed by atoms with Crippen LogP contribution in [0.4, 0.5) is 5.69 Å². The number of aryl methyl sites for hydroxylation is 1. The van der Waals surface area contributed by atoms with Crippen LogP contribution < -0.4 is 14.9 Å². The summed E-state index contributed by atoms with van der Waals surface area (Å²) in [5.74, 6) is 1.37. The first-order valence-electron chi connectivity index (χ1n) is 7.60. The summed E-state index contributed by atoms with van der Waals surface area (Å²) in [6, 6.07) is 9.52. The Labute approximate surface area is 155 Å². The minimum atomic E-state index is 0.637. The number of benzene rings is 2. The van der Waals surface area contributed by atoms with Crippen LogP contribution in [0.1, 0.15) is 24.5 Å². The van der Waals surface area contributed by atoms with E-state index in [2.05, 4.69) is 33.4 Å². The van der Waals surface area contributed by atoms with Gasteiger partial charge in [-0.25, -0.2) is 0 Å². The number of hydrogen-bond donors (Lipinski definition) is 1. The van der Waals surface area contributed by atoms with Gasteiger partial charge in [-0.2, -0.15) is 5.10 Å². The van der Waals surface area contributed by atoms with E-state index in [9.17, 15) is 0 Å². The summed E-state index contributed by atoms with van der Waals surface area (Å²) < 4.78 is 11.9. The van der Waals surface area contributed by atoms with Crippen molar-refractivity contribution in [1.82, 2.24) is 0 Å². The van der Waals surface area contributed by atoms with Crippen LogP contribution >= 0.6 is 27.5 Å². The Morgan fingerprint density at radius 3 is 2.75 bits per heavy atom. The van der Waals surface area contributed by atoms with Crippen molar-refractivity contribution in [3.8, 4) is 11.5 Å². The molecule has 0 saturated carbocycles. The first-order valence-corrected chi connectivity index (χ1v) is 8.77. The zero-order valence-electron chi connectivity index (χ0n) is 13.9. The molecule has 0 aliphatic heterocycles. The molecule has 0 aliphatic carbocycles. The van der Waals surface area contributed by atoms with Crippen molar-refractivity contribution in [3.63, 3.8) is 0 Å². The molecular weight excluding hydrogens is 392 g/mol. The van der Waals surface area contributed by atoms with Crippen molar-refractivity contribution in [1.29, 1.82) is 0 Å². The second-order valence-corrected chi connectivity index (χ2v) is 6.48. The summed E-state index contributed by atoms with van der Waals surface area (Å²) in [6.07, 6.45) is 2.65. The molecule has 128 valence electrons. The van der Waals surface area contributed by atoms with Gasteiger partial charge in [0.15, 0.2) is 11.5 Å². The Bertz CT molecular complexity index is 735. The molecule has 2 rings (SSSR count). The van der Waals surface area contributed by atoms with Crippen LogP contribution in [0.25, 0.3) is 0 Å². The van der Waals surface area contributed by atoms with Crippen LogP contribution in [0.3, 0.4) is 0 Å². The summed E-state index contributed by atoms with van der Waals surface area (Å²) in [4.78, 5) is 0. The number of nitrogens with one attached hydrogen (secondary N) is 1. The summed E-state index contributed by atoms with van der Waals surface area (Å²) in [6.45, 7) is 4.66. The lowest BCUT2D eigenvalue weighted by molar-refractivity contribution is 0.292. The van der Waals surface area contributed by atoms with Crippen LogP contribution in [0.5, 0.6) is 11.5 Å². The Balaban J connectivity index is 2.13. The maximum absolute atomic E-state index is 6.10. The zero-order valence-corrected chi connectivity index (χ0v) is 16.2. The molecule has 2 aromatic rings. The third kappa shape index (κ3) is 4.89. The smallest absolute Gasteiger partial charge is 0.175 e. The number of methoxy groups -OCH3 is 1. The van der Waals surface area contributed by atoms with Gasteiger partial charge in [0.05, 0.1) is 30.1 Å². The second kappa shape index (κ2) is 8.94. The molecule has 0 saturated heterocycles. The largest absolute Gasteiger partial charge is 0.493 e. The van der Waals surface area contributed by atoms with Crippen LogP contribution in [0, 0.1) is 6.92 Å². The summed E-state index contributed by atoms with van der Waals surface area (Å²) in [7, 11) is 1.62. The molecule has 0 atom stereocenters. The maximum Gasteiger partial charge on any atom is 0.175 e. The van der Waals surface area contributed by atoms with Crippen molar-refractivity contribution in [2.24, 2.45) is 5.10 Å². The van der Waals surface area contributed by atoms with Gasteiger partial charge >= 0.3 is 0 Å². The van der Waals surface area contributed by atoms with Crippen molar-refractivity contribution in [2.45, 2.75) is 20.3 Å². The predicted octanol–water partition coefficient (Wildman–Crippen LogP) is 5.65. The fourth-order valence-electron chi connectivity index (χ4n) is 2.00. The maximum atomic E-state index is 6.10. The highest BCUT2D eigenvalue weighted by molar-refractivity contribution is 9.10. The first-order chi connectivity index (χ1) is 11.5. The molecule has 0 amide bonds. The van der Waals surface area contributed by atoms with E-state index < -0.39 is 0 Å². The monoisotopic (exact) mass is 410 g/mol. The van der Waals surface area contributed by atoms with E-state index in [1.807, 2.05) is 37.3 Å². The lowest BCUT2D eigenvalue weighted by atomic mass is 10.2. The number of ether oxygens (including phenoxy) is 2. The lowest BCUT2D eigenvalue weighted by Crippen LogP contribution is -2.00. The number of anilines is 1. The number of hydrogen-bond acceptors (Lipinski definition) is 4. The molecule has 0 fully saturated rings. The standard InChI is InChI=1S/C18H20BrClN2O2/c1-4-7-24-18-15(19)8-13(9-17(18)23-3)11-21-22-14-6-5-12(2)16(20)10-14/h5-6,8-11,22H,4,7H2,1-3H3/b21-11-. The van der Waals surface area contributed by atoms with Crippen LogP contribution in [-0.2, 0) is 0 Å². The van der Waals surface area contributed by atoms with E-state index in [-0.39, 0.29) is 0 Å². The third-order valence-electron chi connectivity index (χ3n) is 3.28. The highest BCUT2D eigenvalue weighted by Gasteiger charge is 2.10. The normalized spacial score (nSPS) is 10.9. The topological polar surface area (TPSA) is 42.8 Å². The SMILES string of the molecule is CCCOc1c(Br)cc(/C=N\Nc2ccc(C)c(Cl)c2)cc1OC. The molecule has 0 radical (unpaired) electrons. The Morgan fingerprint density at radius 1 is 1.29 bits per heavy atom. The van der Waals surface area contributed by atoms with Crippen molar-refractivity contribution >= 4 is 39.4 Å². The van der Waals surface area contributed by atoms with Crippen molar-refractivity contribution < 1.29 is 9.47 Å². The highest BCUT2D eigenvalue weighted by Crippen LogP contribution is 2.36. The molecule has 6 heteroatoms. The summed E-state index contributed by atoms with van der Waals surface area (Å²) in [5, 5.41) is 4.95. The van der Waals surface area contributed by atoms with E-state index in [4.69, 9.17) is 21.1 Å². The van der Waals surface area contributed by atoms with Crippen LogP contribution in [0.15, 0.2) is 39.9 Å². The Kier molecular flexibility index (Phi) is 6.94. The molecule has 0 unspecified atom stereocenters. The zero-order chi connectivity index (χ0) is 17.5. The summed E-state index contributed by atoms with van der Waals surface area (Å²) >= 11 is 9.62. The fourth-order valence-corrected chi connectivity index (χ4v) is 2.76. The van der Waals surface area contributed by atoms with E-state index >= 15 is 0 Å². The second-order valence-electron chi connectivity index (χ2n) is 5.22. The van der Waals surface area contributed by atoms with Gasteiger partial charge in [0.2, 0.25) is 0 Å². The quantitative estimate of drug-likeness (QED) is 0.472. The van der Waals surface area contributed by atoms with E-state index in [1.165, 1.54) is 0 Å². The van der Waals surface area contributed by atoms with Gasteiger partial charge in [0.1, 0.15) is 0 Å². The van der Waals surface area contributed by atoms with Gasteiger partial charge < -0.3 is 9.47 Å². The minimum Gasteiger partial charge on any atom is -0.493 e. The molecule has 0 bridgehead atoms. The molecule has 24 heavy (non-hydrogen) atoms. The van der Waals surface area contributed by atoms with Gasteiger partial charge in [0, 0.05) is 5.02 Å². The van der Waals surface area contributed by atoms with Gasteiger partial charge in [-0.3, -0.25) is 5.43 Å². The molecule has 0 heterocycles. The molecule has 0 spiro atoms. The molecule has 1 N–H and O–H groups in total. The van der Waals surface area contributed by atoms with E-state index in [0.29, 0.717) is 23.1 Å². The number of nitrogens with zero attached hydrogens (tertiary/aromatic N) is 1. The van der Waals surface area contributed by atoms with E-state index in [0.717, 1.165) is 27.7 Å². The Hall–Kier alpha value is -1.72. The lowest BCUT2D eigenvalue weighted by Gasteiger charge is -2.12. The van der Waals surface area contributed by atoms with Gasteiger partial charge in [0.25, 0.3) is 0 Å². The molecular formula is C18H20BrClN2O2. The average molecular weight is 412 g/mol. The van der Waals surface area contributed by atoms with Gasteiger partial charge in [-0.05, 0) is 64.7 Å². The van der Waals surface area contributed by atoms with Crippen molar-refractivity contribution in [3.05, 3.63) is 51.0 Å². The van der Waals surface area contributed by atoms with Gasteiger partial charge in [-0.1, -0.05) is 24.6 Å². The van der Waals surface area contributed by atoms with Crippen molar-refractivity contribution in [2.75, 3.05) is 19.1 Å². The number of hydrazone groups is 1. The number of rotatable bonds is 7. The van der Waals surface area contributed by atoms with Gasteiger partial charge in [-0.15, -0.1) is 0 Å². The summed E-state index contributed by atoms with van der Waals surface area (Å²) in [5.41, 5.74) is 5.71. The number of halogens is 2. The fraction of sp³-hybridized carbons (Fsp3) is 0.278. The molecule has 0 aliphatic rings. The molecule has 2 aromatic carbocycles. The average Bonchev–Trinajstić information content (AvgIpc) is 2.56. The predicted molar refractivity (Wildman–Crippen MR) is 104 cm³/mol. The first kappa shape index (κ1) is 18.6. The molecule has 0 aromatic heterocycles.